The van der Waals surface area contributed by atoms with Crippen molar-refractivity contribution in [1.82, 2.24) is 0 Å². The van der Waals surface area contributed by atoms with Crippen LogP contribution in [0.25, 0.3) is 0 Å². The summed E-state index contributed by atoms with van der Waals surface area (Å²) < 4.78 is 11.1. The first-order valence-corrected chi connectivity index (χ1v) is 19.5. The third kappa shape index (κ3) is 19.5. The second-order valence-corrected chi connectivity index (χ2v) is 14.8. The van der Waals surface area contributed by atoms with Crippen LogP contribution in [0.5, 0.6) is 0 Å². The van der Waals surface area contributed by atoms with Crippen molar-refractivity contribution in [2.75, 3.05) is 13.2 Å². The molecule has 1 aliphatic rings. The summed E-state index contributed by atoms with van der Waals surface area (Å²) in [6.07, 6.45) is 15.7. The number of aliphatic hydroxyl groups is 6. The molecule has 1 unspecified atom stereocenters. The van der Waals surface area contributed by atoms with Crippen LogP contribution >= 0.6 is 0 Å². The molecule has 9 nitrogen and oxygen atoms in total. The van der Waals surface area contributed by atoms with Crippen LogP contribution < -0.4 is 0 Å². The fourth-order valence-corrected chi connectivity index (χ4v) is 6.31. The average molecular weight is 687 g/mol. The summed E-state index contributed by atoms with van der Waals surface area (Å²) >= 11 is 0. The van der Waals surface area contributed by atoms with E-state index in [1.54, 1.807) is 6.08 Å². The van der Waals surface area contributed by atoms with Crippen LogP contribution in [0, 0.1) is 17.8 Å². The SMILES string of the molecule is CCC(C)CCCCCCCCCCC[C@@H](O)C(=O)[C@@H](CO[C@@H]1O[C@H](CO)[C@H](O)[C@H](O)[C@H]1O)[C@H](O)/C=C/CCCCCCCCC(C)C. The van der Waals surface area contributed by atoms with Crippen molar-refractivity contribution < 1.29 is 44.9 Å². The maximum Gasteiger partial charge on any atom is 0.186 e. The predicted molar refractivity (Wildman–Crippen MR) is 191 cm³/mol. The van der Waals surface area contributed by atoms with Gasteiger partial charge in [-0.3, -0.25) is 4.79 Å². The Labute approximate surface area is 292 Å². The Morgan fingerprint density at radius 2 is 1.25 bits per heavy atom. The molecule has 1 fully saturated rings. The lowest BCUT2D eigenvalue weighted by Gasteiger charge is -2.40. The van der Waals surface area contributed by atoms with Gasteiger partial charge >= 0.3 is 0 Å². The van der Waals surface area contributed by atoms with E-state index in [1.165, 1.54) is 77.0 Å². The molecule has 1 rings (SSSR count). The van der Waals surface area contributed by atoms with Gasteiger partial charge in [0, 0.05) is 0 Å². The fourth-order valence-electron chi connectivity index (χ4n) is 6.31. The minimum absolute atomic E-state index is 0.290. The number of ether oxygens (including phenoxy) is 2. The molecule has 9 atom stereocenters. The largest absolute Gasteiger partial charge is 0.394 e. The third-order valence-electron chi connectivity index (χ3n) is 10.0. The summed E-state index contributed by atoms with van der Waals surface area (Å²) in [4.78, 5) is 13.4. The molecule has 0 spiro atoms. The van der Waals surface area contributed by atoms with E-state index < -0.39 is 61.2 Å². The molecule has 1 aliphatic heterocycles. The molecule has 0 aromatic rings. The van der Waals surface area contributed by atoms with Crippen molar-refractivity contribution in [2.45, 2.75) is 199 Å². The van der Waals surface area contributed by atoms with Gasteiger partial charge in [0.05, 0.1) is 25.2 Å². The number of ketones is 1. The van der Waals surface area contributed by atoms with E-state index >= 15 is 0 Å². The predicted octanol–water partition coefficient (Wildman–Crippen LogP) is 6.38. The summed E-state index contributed by atoms with van der Waals surface area (Å²) in [7, 11) is 0. The van der Waals surface area contributed by atoms with E-state index in [-0.39, 0.29) is 6.61 Å². The molecule has 0 aromatic carbocycles. The number of unbranched alkanes of at least 4 members (excludes halogenated alkanes) is 14. The Balaban J connectivity index is 2.56. The van der Waals surface area contributed by atoms with Gasteiger partial charge in [-0.2, -0.15) is 0 Å². The first kappa shape index (κ1) is 45.1. The smallest absolute Gasteiger partial charge is 0.186 e. The Morgan fingerprint density at radius 1 is 0.729 bits per heavy atom. The van der Waals surface area contributed by atoms with E-state index in [0.717, 1.165) is 50.4 Å². The second-order valence-electron chi connectivity index (χ2n) is 14.8. The van der Waals surface area contributed by atoms with Gasteiger partial charge in [-0.05, 0) is 31.1 Å². The summed E-state index contributed by atoms with van der Waals surface area (Å²) in [6.45, 7) is 8.09. The highest BCUT2D eigenvalue weighted by atomic mass is 16.7. The monoisotopic (exact) mass is 687 g/mol. The number of hydrogen-bond donors (Lipinski definition) is 6. The van der Waals surface area contributed by atoms with Gasteiger partial charge in [-0.25, -0.2) is 0 Å². The lowest BCUT2D eigenvalue weighted by atomic mass is 9.91. The van der Waals surface area contributed by atoms with Crippen molar-refractivity contribution >= 4 is 5.78 Å². The molecule has 6 N–H and O–H groups in total. The fraction of sp³-hybridized carbons (Fsp3) is 0.923. The maximum absolute atomic E-state index is 13.4. The van der Waals surface area contributed by atoms with Gasteiger partial charge in [0.15, 0.2) is 12.1 Å². The Hall–Kier alpha value is -0.910. The molecule has 0 radical (unpaired) electrons. The Bertz CT molecular complexity index is 804. The zero-order valence-corrected chi connectivity index (χ0v) is 30.9. The van der Waals surface area contributed by atoms with Gasteiger partial charge in [-0.1, -0.05) is 149 Å². The summed E-state index contributed by atoms with van der Waals surface area (Å²) in [5.41, 5.74) is 0. The molecule has 284 valence electrons. The van der Waals surface area contributed by atoms with Crippen LogP contribution in [0.3, 0.4) is 0 Å². The molecule has 0 aliphatic carbocycles. The molecule has 1 saturated heterocycles. The van der Waals surface area contributed by atoms with E-state index in [4.69, 9.17) is 9.47 Å². The maximum atomic E-state index is 13.4. The van der Waals surface area contributed by atoms with E-state index in [2.05, 4.69) is 27.7 Å². The molecule has 0 amide bonds. The molecule has 0 saturated carbocycles. The molecule has 0 aromatic heterocycles. The summed E-state index contributed by atoms with van der Waals surface area (Å²) in [5, 5.41) is 61.9. The molecule has 48 heavy (non-hydrogen) atoms. The van der Waals surface area contributed by atoms with Crippen molar-refractivity contribution in [3.8, 4) is 0 Å². The van der Waals surface area contributed by atoms with Gasteiger partial charge in [0.2, 0.25) is 0 Å². The zero-order chi connectivity index (χ0) is 35.7. The molecular weight excluding hydrogens is 612 g/mol. The van der Waals surface area contributed by atoms with Crippen molar-refractivity contribution in [3.63, 3.8) is 0 Å². The first-order valence-electron chi connectivity index (χ1n) is 19.5. The van der Waals surface area contributed by atoms with E-state index in [9.17, 15) is 35.4 Å². The minimum atomic E-state index is -1.62. The topological polar surface area (TPSA) is 157 Å². The van der Waals surface area contributed by atoms with Gasteiger partial charge in [0.25, 0.3) is 0 Å². The van der Waals surface area contributed by atoms with Crippen molar-refractivity contribution in [2.24, 2.45) is 17.8 Å². The number of rotatable bonds is 30. The van der Waals surface area contributed by atoms with Gasteiger partial charge in [0.1, 0.15) is 30.5 Å². The van der Waals surface area contributed by atoms with Crippen LogP contribution in [0.4, 0.5) is 0 Å². The number of carbonyl (C=O) groups is 1. The van der Waals surface area contributed by atoms with Crippen LogP contribution in [0.1, 0.15) is 156 Å². The zero-order valence-electron chi connectivity index (χ0n) is 30.9. The highest BCUT2D eigenvalue weighted by Crippen LogP contribution is 2.24. The normalized spacial score (nSPS) is 24.3. The average Bonchev–Trinajstić information content (AvgIpc) is 3.07. The lowest BCUT2D eigenvalue weighted by Crippen LogP contribution is -2.59. The van der Waals surface area contributed by atoms with Crippen LogP contribution in [0.2, 0.25) is 0 Å². The highest BCUT2D eigenvalue weighted by Gasteiger charge is 2.44. The quantitative estimate of drug-likeness (QED) is 0.0373. The summed E-state index contributed by atoms with van der Waals surface area (Å²) in [6, 6.07) is 0. The first-order chi connectivity index (χ1) is 23.0. The molecule has 1 heterocycles. The standard InChI is InChI=1S/C39H74O9/c1-5-30(4)24-20-16-12-7-6-8-14-18-22-26-33(42)35(43)31(28-47-39-38(46)37(45)36(44)34(27-40)48-39)32(41)25-21-17-13-10-9-11-15-19-23-29(2)3/h21,25,29-34,36-42,44-46H,5-20,22-24,26-28H2,1-4H3/b25-21+/t30?,31-,32+,33+,34+,36-,37-,38+,39+/m0/s1. The number of Topliss-reactive ketones (excluding diaryl/α,β-unsaturated/α-hetero) is 1. The van der Waals surface area contributed by atoms with Gasteiger partial charge < -0.3 is 40.1 Å². The van der Waals surface area contributed by atoms with Crippen LogP contribution in [-0.4, -0.2) is 92.5 Å². The number of aliphatic hydroxyl groups excluding tert-OH is 6. The number of carbonyl (C=O) groups excluding carboxylic acids is 1. The molecular formula is C39H74O9. The van der Waals surface area contributed by atoms with Crippen LogP contribution in [0.15, 0.2) is 12.2 Å². The van der Waals surface area contributed by atoms with Crippen molar-refractivity contribution in [1.29, 1.82) is 0 Å². The summed E-state index contributed by atoms with van der Waals surface area (Å²) in [5.74, 6) is -0.0915. The van der Waals surface area contributed by atoms with Crippen molar-refractivity contribution in [3.05, 3.63) is 12.2 Å². The Morgan fingerprint density at radius 3 is 1.79 bits per heavy atom. The lowest BCUT2D eigenvalue weighted by molar-refractivity contribution is -0.303. The third-order valence-corrected chi connectivity index (χ3v) is 10.0. The number of hydrogen-bond acceptors (Lipinski definition) is 9. The highest BCUT2D eigenvalue weighted by molar-refractivity contribution is 5.86. The Kier molecular flexibility index (Phi) is 26.1. The molecule has 9 heteroatoms. The van der Waals surface area contributed by atoms with E-state index in [0.29, 0.717) is 12.8 Å². The minimum Gasteiger partial charge on any atom is -0.394 e. The second kappa shape index (κ2) is 27.8. The molecule has 0 bridgehead atoms. The van der Waals surface area contributed by atoms with Crippen LogP contribution in [-0.2, 0) is 14.3 Å². The van der Waals surface area contributed by atoms with Gasteiger partial charge in [-0.15, -0.1) is 0 Å². The number of allylic oxidation sites excluding steroid dienone is 1. The van der Waals surface area contributed by atoms with E-state index in [1.807, 2.05) is 6.08 Å².